The second-order valence-electron chi connectivity index (χ2n) is 10.7. The maximum atomic E-state index is 13.3. The fraction of sp³-hybridized carbons (Fsp3) is 0.367. The number of rotatable bonds is 8. The molecule has 1 fully saturated rings. The number of nitrogens with one attached hydrogen (secondary N) is 2. The summed E-state index contributed by atoms with van der Waals surface area (Å²) < 4.78 is 18.8. The number of anilines is 2. The molecule has 10 nitrogen and oxygen atoms in total. The third kappa shape index (κ3) is 6.19. The molecule has 5 rings (SSSR count). The van der Waals surface area contributed by atoms with Crippen molar-refractivity contribution in [3.8, 4) is 17.2 Å². The molecule has 4 aromatic rings. The summed E-state index contributed by atoms with van der Waals surface area (Å²) in [4.78, 5) is 19.9. The average Bonchev–Trinajstić information content (AvgIpc) is 3.38. The van der Waals surface area contributed by atoms with Gasteiger partial charge in [-0.2, -0.15) is 5.10 Å². The third-order valence-corrected chi connectivity index (χ3v) is 6.83. The van der Waals surface area contributed by atoms with Gasteiger partial charge in [0.25, 0.3) is 0 Å². The Morgan fingerprint density at radius 1 is 1.02 bits per heavy atom. The largest absolute Gasteiger partial charge is 0.494 e. The molecule has 2 aromatic heterocycles. The third-order valence-electron chi connectivity index (χ3n) is 6.83. The molecule has 2 N–H and O–H groups in total. The predicted octanol–water partition coefficient (Wildman–Crippen LogP) is 5.08. The van der Waals surface area contributed by atoms with Gasteiger partial charge in [0, 0.05) is 54.2 Å². The Balaban J connectivity index is 1.35. The Kier molecular flexibility index (Phi) is 8.18. The number of carbonyl (C=O) groups is 1. The van der Waals surface area contributed by atoms with Crippen molar-refractivity contribution in [1.82, 2.24) is 19.7 Å². The number of hydrogen-bond donors (Lipinski definition) is 2. The van der Waals surface area contributed by atoms with Gasteiger partial charge in [0.05, 0.1) is 37.9 Å². The van der Waals surface area contributed by atoms with Crippen LogP contribution in [0.5, 0.6) is 11.5 Å². The highest BCUT2D eigenvalue weighted by atomic mass is 16.5. The normalized spacial score (nSPS) is 14.2. The van der Waals surface area contributed by atoms with Gasteiger partial charge >= 0.3 is 6.03 Å². The van der Waals surface area contributed by atoms with Crippen LogP contribution in [0.4, 0.5) is 16.3 Å². The number of pyridine rings is 1. The molecule has 0 bridgehead atoms. The molecule has 0 unspecified atom stereocenters. The van der Waals surface area contributed by atoms with Gasteiger partial charge in [-0.1, -0.05) is 45.0 Å². The summed E-state index contributed by atoms with van der Waals surface area (Å²) in [5, 5.41) is 12.6. The van der Waals surface area contributed by atoms with Crippen LogP contribution in [0.15, 0.2) is 60.9 Å². The number of nitrogens with zero attached hydrogens (tertiary/aromatic N) is 4. The fourth-order valence-electron chi connectivity index (χ4n) is 4.61. The van der Waals surface area contributed by atoms with Crippen molar-refractivity contribution >= 4 is 28.3 Å². The van der Waals surface area contributed by atoms with Gasteiger partial charge in [-0.05, 0) is 12.1 Å². The number of carbonyl (C=O) groups excluding carboxylic acids is 1. The summed E-state index contributed by atoms with van der Waals surface area (Å²) >= 11 is 0. The van der Waals surface area contributed by atoms with E-state index in [1.54, 1.807) is 30.3 Å². The standard InChI is InChI=1S/C30H36N6O4/c1-30(2,3)27-19-28(36(34-27)24-20-31-12-11-26(24)38-4)33-29(37)32-23-9-10-25(22-8-6-5-7-21(22)23)40-18-15-35-13-16-39-17-14-35/h5-12,19-20H,13-18H2,1-4H3,(H2,32,33,37). The van der Waals surface area contributed by atoms with Crippen molar-refractivity contribution in [2.45, 2.75) is 26.2 Å². The van der Waals surface area contributed by atoms with E-state index in [1.165, 1.54) is 0 Å². The smallest absolute Gasteiger partial charge is 0.324 e. The SMILES string of the molecule is COc1ccncc1-n1nc(C(C)(C)C)cc1NC(=O)Nc1ccc(OCCN2CCOCC2)c2ccccc12. The Hall–Kier alpha value is -4.15. The fourth-order valence-corrected chi connectivity index (χ4v) is 4.61. The minimum absolute atomic E-state index is 0.235. The first-order valence-electron chi connectivity index (χ1n) is 13.4. The zero-order chi connectivity index (χ0) is 28.1. The van der Waals surface area contributed by atoms with E-state index in [1.807, 2.05) is 42.5 Å². The summed E-state index contributed by atoms with van der Waals surface area (Å²) in [6, 6.07) is 14.9. The van der Waals surface area contributed by atoms with Crippen molar-refractivity contribution in [2.75, 3.05) is 57.2 Å². The Morgan fingerprint density at radius 2 is 1.80 bits per heavy atom. The Bertz CT molecular complexity index is 1470. The molecule has 10 heteroatoms. The number of hydrogen-bond acceptors (Lipinski definition) is 7. The lowest BCUT2D eigenvalue weighted by molar-refractivity contribution is 0.0323. The van der Waals surface area contributed by atoms with Gasteiger partial charge in [-0.3, -0.25) is 15.2 Å². The second-order valence-corrected chi connectivity index (χ2v) is 10.7. The Morgan fingerprint density at radius 3 is 2.55 bits per heavy atom. The molecule has 2 aromatic carbocycles. The number of fused-ring (bicyclic) bond motifs is 1. The first kappa shape index (κ1) is 27.4. The molecular formula is C30H36N6O4. The first-order valence-corrected chi connectivity index (χ1v) is 13.4. The van der Waals surface area contributed by atoms with Crippen LogP contribution in [-0.2, 0) is 10.2 Å². The van der Waals surface area contributed by atoms with Crippen molar-refractivity contribution < 1.29 is 19.0 Å². The van der Waals surface area contributed by atoms with E-state index in [9.17, 15) is 4.79 Å². The molecule has 0 radical (unpaired) electrons. The minimum Gasteiger partial charge on any atom is -0.494 e. The highest BCUT2D eigenvalue weighted by molar-refractivity contribution is 6.07. The zero-order valence-electron chi connectivity index (χ0n) is 23.4. The summed E-state index contributed by atoms with van der Waals surface area (Å²) in [5.74, 6) is 1.88. The monoisotopic (exact) mass is 544 g/mol. The number of aromatic nitrogens is 3. The van der Waals surface area contributed by atoms with E-state index in [4.69, 9.17) is 19.3 Å². The molecule has 1 aliphatic rings. The molecule has 0 spiro atoms. The predicted molar refractivity (Wildman–Crippen MR) is 156 cm³/mol. The molecule has 1 aliphatic heterocycles. The van der Waals surface area contributed by atoms with Gasteiger partial charge in [0.2, 0.25) is 0 Å². The Labute approximate surface area is 234 Å². The summed E-state index contributed by atoms with van der Waals surface area (Å²) in [5.41, 5.74) is 1.88. The van der Waals surface area contributed by atoms with E-state index in [0.29, 0.717) is 29.5 Å². The van der Waals surface area contributed by atoms with Crippen molar-refractivity contribution in [3.05, 3.63) is 66.6 Å². The molecule has 0 aliphatic carbocycles. The quantitative estimate of drug-likeness (QED) is 0.319. The average molecular weight is 545 g/mol. The van der Waals surface area contributed by atoms with Crippen LogP contribution < -0.4 is 20.1 Å². The van der Waals surface area contributed by atoms with Crippen molar-refractivity contribution in [3.63, 3.8) is 0 Å². The van der Waals surface area contributed by atoms with E-state index >= 15 is 0 Å². The minimum atomic E-state index is -0.393. The van der Waals surface area contributed by atoms with E-state index in [2.05, 4.69) is 41.3 Å². The van der Waals surface area contributed by atoms with Crippen molar-refractivity contribution in [2.24, 2.45) is 0 Å². The van der Waals surface area contributed by atoms with E-state index < -0.39 is 6.03 Å². The van der Waals surface area contributed by atoms with Crippen LogP contribution in [0, 0.1) is 0 Å². The van der Waals surface area contributed by atoms with Gasteiger partial charge in [-0.25, -0.2) is 9.48 Å². The highest BCUT2D eigenvalue weighted by Gasteiger charge is 2.23. The molecule has 0 atom stereocenters. The van der Waals surface area contributed by atoms with Crippen LogP contribution in [0.25, 0.3) is 16.5 Å². The molecule has 2 amide bonds. The molecule has 0 saturated carbocycles. The summed E-state index contributed by atoms with van der Waals surface area (Å²) in [7, 11) is 1.59. The van der Waals surface area contributed by atoms with Crippen LogP contribution in [-0.4, -0.2) is 72.3 Å². The number of amides is 2. The summed E-state index contributed by atoms with van der Waals surface area (Å²) in [6.07, 6.45) is 3.31. The summed E-state index contributed by atoms with van der Waals surface area (Å²) in [6.45, 7) is 11.0. The van der Waals surface area contributed by atoms with E-state index in [0.717, 1.165) is 55.1 Å². The maximum Gasteiger partial charge on any atom is 0.324 e. The molecule has 210 valence electrons. The van der Waals surface area contributed by atoms with Gasteiger partial charge in [-0.15, -0.1) is 0 Å². The lowest BCUT2D eigenvalue weighted by Crippen LogP contribution is -2.38. The second kappa shape index (κ2) is 11.9. The van der Waals surface area contributed by atoms with E-state index in [-0.39, 0.29) is 5.41 Å². The first-order chi connectivity index (χ1) is 19.3. The molecule has 40 heavy (non-hydrogen) atoms. The lowest BCUT2D eigenvalue weighted by Gasteiger charge is -2.26. The maximum absolute atomic E-state index is 13.3. The van der Waals surface area contributed by atoms with Crippen LogP contribution >= 0.6 is 0 Å². The van der Waals surface area contributed by atoms with Crippen LogP contribution in [0.3, 0.4) is 0 Å². The van der Waals surface area contributed by atoms with Gasteiger partial charge in [0.1, 0.15) is 29.6 Å². The van der Waals surface area contributed by atoms with Gasteiger partial charge in [0.15, 0.2) is 0 Å². The van der Waals surface area contributed by atoms with Gasteiger partial charge < -0.3 is 19.5 Å². The molecule has 1 saturated heterocycles. The molecular weight excluding hydrogens is 508 g/mol. The number of ether oxygens (including phenoxy) is 3. The zero-order valence-corrected chi connectivity index (χ0v) is 23.4. The topological polar surface area (TPSA) is 103 Å². The van der Waals surface area contributed by atoms with Crippen LogP contribution in [0.1, 0.15) is 26.5 Å². The molecule has 3 heterocycles. The number of benzene rings is 2. The number of urea groups is 1. The highest BCUT2D eigenvalue weighted by Crippen LogP contribution is 2.33. The van der Waals surface area contributed by atoms with Crippen LogP contribution in [0.2, 0.25) is 0 Å². The lowest BCUT2D eigenvalue weighted by atomic mass is 9.92. The number of morpholine rings is 1. The van der Waals surface area contributed by atoms with Crippen molar-refractivity contribution in [1.29, 1.82) is 0 Å². The number of methoxy groups -OCH3 is 1.